The van der Waals surface area contributed by atoms with Crippen molar-refractivity contribution >= 4 is 24.2 Å². The number of carbonyl (C=O) groups is 1. The van der Waals surface area contributed by atoms with Gasteiger partial charge < -0.3 is 4.90 Å². The fourth-order valence-electron chi connectivity index (χ4n) is 1.85. The average molecular weight is 221 g/mol. The summed E-state index contributed by atoms with van der Waals surface area (Å²) in [6, 6.07) is 8.19. The maximum atomic E-state index is 11.6. The van der Waals surface area contributed by atoms with Crippen molar-refractivity contribution in [3.63, 3.8) is 0 Å². The maximum absolute atomic E-state index is 11.6. The van der Waals surface area contributed by atoms with E-state index in [1.165, 1.54) is 5.56 Å². The Labute approximate surface area is 95.7 Å². The van der Waals surface area contributed by atoms with Gasteiger partial charge in [-0.2, -0.15) is 12.6 Å². The van der Waals surface area contributed by atoms with Gasteiger partial charge in [0.15, 0.2) is 0 Å². The van der Waals surface area contributed by atoms with Crippen molar-refractivity contribution in [3.8, 4) is 0 Å². The zero-order valence-electron chi connectivity index (χ0n) is 8.81. The van der Waals surface area contributed by atoms with Crippen LogP contribution < -0.4 is 4.90 Å². The molecule has 15 heavy (non-hydrogen) atoms. The highest BCUT2D eigenvalue weighted by atomic mass is 32.1. The average Bonchev–Trinajstić information content (AvgIpc) is 2.58. The van der Waals surface area contributed by atoms with Gasteiger partial charge in [0.2, 0.25) is 5.91 Å². The Balaban J connectivity index is 2.19. The van der Waals surface area contributed by atoms with E-state index in [-0.39, 0.29) is 11.2 Å². The van der Waals surface area contributed by atoms with Crippen LogP contribution in [0.2, 0.25) is 0 Å². The molecule has 0 N–H and O–H groups in total. The summed E-state index contributed by atoms with van der Waals surface area (Å²) in [5.74, 6) is 0.180. The molecule has 1 aliphatic rings. The minimum absolute atomic E-state index is 0.180. The lowest BCUT2D eigenvalue weighted by Crippen LogP contribution is -2.24. The van der Waals surface area contributed by atoms with Gasteiger partial charge in [0.05, 0.1) is 0 Å². The van der Waals surface area contributed by atoms with Gasteiger partial charge in [-0.1, -0.05) is 19.1 Å². The molecule has 1 fully saturated rings. The highest BCUT2D eigenvalue weighted by molar-refractivity contribution is 7.81. The van der Waals surface area contributed by atoms with Crippen LogP contribution in [0, 0.1) is 0 Å². The van der Waals surface area contributed by atoms with E-state index in [4.69, 9.17) is 0 Å². The molecule has 0 aromatic heterocycles. The van der Waals surface area contributed by atoms with Gasteiger partial charge in [-0.05, 0) is 24.1 Å². The quantitative estimate of drug-likeness (QED) is 0.760. The fraction of sp³-hybridized carbons (Fsp3) is 0.417. The second kappa shape index (κ2) is 4.27. The van der Waals surface area contributed by atoms with Crippen molar-refractivity contribution in [1.82, 2.24) is 0 Å². The molecule has 0 spiro atoms. The summed E-state index contributed by atoms with van der Waals surface area (Å²) in [5, 5.41) is 0.184. The van der Waals surface area contributed by atoms with Crippen LogP contribution in [0.3, 0.4) is 0 Å². The summed E-state index contributed by atoms with van der Waals surface area (Å²) in [7, 11) is 0. The molecule has 3 heteroatoms. The van der Waals surface area contributed by atoms with Crippen molar-refractivity contribution in [2.75, 3.05) is 11.4 Å². The smallest absolute Gasteiger partial charge is 0.228 e. The van der Waals surface area contributed by atoms with E-state index in [0.717, 1.165) is 18.7 Å². The Hall–Kier alpha value is -0.960. The number of hydrogen-bond acceptors (Lipinski definition) is 2. The van der Waals surface area contributed by atoms with Gasteiger partial charge in [0.25, 0.3) is 0 Å². The molecule has 0 aliphatic carbocycles. The third-order valence-corrected chi connectivity index (χ3v) is 3.11. The Morgan fingerprint density at radius 1 is 1.40 bits per heavy atom. The first kappa shape index (κ1) is 10.6. The molecule has 1 unspecified atom stereocenters. The number of benzene rings is 1. The van der Waals surface area contributed by atoms with Crippen LogP contribution in [-0.4, -0.2) is 17.7 Å². The Bertz CT molecular complexity index is 360. The van der Waals surface area contributed by atoms with Crippen LogP contribution in [0.15, 0.2) is 24.3 Å². The van der Waals surface area contributed by atoms with Crippen molar-refractivity contribution in [2.24, 2.45) is 0 Å². The number of thiol groups is 1. The summed E-state index contributed by atoms with van der Waals surface area (Å²) in [5.41, 5.74) is 2.29. The predicted molar refractivity (Wildman–Crippen MR) is 65.6 cm³/mol. The number of aryl methyl sites for hydroxylation is 1. The number of amides is 1. The number of hydrogen-bond donors (Lipinski definition) is 1. The topological polar surface area (TPSA) is 20.3 Å². The second-order valence-corrected chi connectivity index (χ2v) is 4.61. The molecule has 0 saturated carbocycles. The molecule has 2 nitrogen and oxygen atoms in total. The van der Waals surface area contributed by atoms with Crippen molar-refractivity contribution in [3.05, 3.63) is 29.8 Å². The zero-order valence-corrected chi connectivity index (χ0v) is 9.71. The summed E-state index contributed by atoms with van der Waals surface area (Å²) in [6.45, 7) is 2.85. The third-order valence-electron chi connectivity index (χ3n) is 2.76. The lowest BCUT2D eigenvalue weighted by atomic mass is 10.1. The number of anilines is 1. The molecule has 2 rings (SSSR count). The molecule has 1 amide bonds. The standard InChI is InChI=1S/C12H15NOS/c1-2-9-3-5-10(6-4-9)13-8-11(15)7-12(13)14/h3-6,11,15H,2,7-8H2,1H3. The highest BCUT2D eigenvalue weighted by Crippen LogP contribution is 2.24. The van der Waals surface area contributed by atoms with E-state index in [9.17, 15) is 4.79 Å². The van der Waals surface area contributed by atoms with Gasteiger partial charge in [-0.15, -0.1) is 0 Å². The van der Waals surface area contributed by atoms with E-state index in [2.05, 4.69) is 31.7 Å². The van der Waals surface area contributed by atoms with Gasteiger partial charge >= 0.3 is 0 Å². The first-order valence-electron chi connectivity index (χ1n) is 5.28. The van der Waals surface area contributed by atoms with Crippen LogP contribution in [0.4, 0.5) is 5.69 Å². The molecule has 1 aromatic carbocycles. The molecule has 1 saturated heterocycles. The second-order valence-electron chi connectivity index (χ2n) is 3.88. The van der Waals surface area contributed by atoms with Crippen LogP contribution in [-0.2, 0) is 11.2 Å². The molecule has 0 radical (unpaired) electrons. The first-order chi connectivity index (χ1) is 7.20. The largest absolute Gasteiger partial charge is 0.311 e. The maximum Gasteiger partial charge on any atom is 0.228 e. The minimum Gasteiger partial charge on any atom is -0.311 e. The van der Waals surface area contributed by atoms with Crippen molar-refractivity contribution in [1.29, 1.82) is 0 Å². The summed E-state index contributed by atoms with van der Waals surface area (Å²) in [6.07, 6.45) is 1.59. The van der Waals surface area contributed by atoms with E-state index in [0.29, 0.717) is 6.42 Å². The van der Waals surface area contributed by atoms with Crippen LogP contribution in [0.25, 0.3) is 0 Å². The van der Waals surface area contributed by atoms with Crippen LogP contribution in [0.5, 0.6) is 0 Å². The Kier molecular flexibility index (Phi) is 3.00. The fourth-order valence-corrected chi connectivity index (χ4v) is 2.17. The summed E-state index contributed by atoms with van der Waals surface area (Å²) in [4.78, 5) is 13.4. The highest BCUT2D eigenvalue weighted by Gasteiger charge is 2.27. The molecule has 80 valence electrons. The molecule has 1 heterocycles. The predicted octanol–water partition coefficient (Wildman–Crippen LogP) is 2.28. The van der Waals surface area contributed by atoms with Gasteiger partial charge in [0.1, 0.15) is 0 Å². The third kappa shape index (κ3) is 2.17. The van der Waals surface area contributed by atoms with Crippen molar-refractivity contribution < 1.29 is 4.79 Å². The summed E-state index contributed by atoms with van der Waals surface area (Å²) < 4.78 is 0. The molecule has 1 aliphatic heterocycles. The Morgan fingerprint density at radius 2 is 2.07 bits per heavy atom. The zero-order chi connectivity index (χ0) is 10.8. The van der Waals surface area contributed by atoms with Crippen molar-refractivity contribution in [2.45, 2.75) is 25.0 Å². The lowest BCUT2D eigenvalue weighted by molar-refractivity contribution is -0.117. The minimum atomic E-state index is 0.180. The SMILES string of the molecule is CCc1ccc(N2CC(S)CC2=O)cc1. The molecule has 0 bridgehead atoms. The first-order valence-corrected chi connectivity index (χ1v) is 5.79. The van der Waals surface area contributed by atoms with Gasteiger partial charge in [-0.3, -0.25) is 4.79 Å². The number of nitrogens with zero attached hydrogens (tertiary/aromatic N) is 1. The normalized spacial score (nSPS) is 21.1. The van der Waals surface area contributed by atoms with E-state index >= 15 is 0 Å². The number of rotatable bonds is 2. The lowest BCUT2D eigenvalue weighted by Gasteiger charge is -2.16. The molecule has 1 aromatic rings. The van der Waals surface area contributed by atoms with Crippen LogP contribution in [0.1, 0.15) is 18.9 Å². The summed E-state index contributed by atoms with van der Waals surface area (Å²) >= 11 is 4.34. The van der Waals surface area contributed by atoms with Gasteiger partial charge in [0, 0.05) is 23.9 Å². The van der Waals surface area contributed by atoms with E-state index in [1.807, 2.05) is 17.0 Å². The molecular formula is C12H15NOS. The van der Waals surface area contributed by atoms with Gasteiger partial charge in [-0.25, -0.2) is 0 Å². The van der Waals surface area contributed by atoms with E-state index < -0.39 is 0 Å². The molecular weight excluding hydrogens is 206 g/mol. The molecule has 1 atom stereocenters. The number of carbonyl (C=O) groups excluding carboxylic acids is 1. The van der Waals surface area contributed by atoms with E-state index in [1.54, 1.807) is 0 Å². The van der Waals surface area contributed by atoms with Crippen LogP contribution >= 0.6 is 12.6 Å². The Morgan fingerprint density at radius 3 is 2.53 bits per heavy atom. The monoisotopic (exact) mass is 221 g/mol.